The van der Waals surface area contributed by atoms with Crippen LogP contribution >= 0.6 is 0 Å². The van der Waals surface area contributed by atoms with Crippen molar-refractivity contribution in [2.24, 2.45) is 0 Å². The number of carbonyl (C=O) groups excluding carboxylic acids is 2. The first-order valence-corrected chi connectivity index (χ1v) is 13.5. The van der Waals surface area contributed by atoms with E-state index in [9.17, 15) is 19.2 Å². The Bertz CT molecular complexity index is 2070. The topological polar surface area (TPSA) is 113 Å². The van der Waals surface area contributed by atoms with Crippen LogP contribution in [0.25, 0.3) is 44.0 Å². The molecule has 0 aliphatic rings. The summed E-state index contributed by atoms with van der Waals surface area (Å²) in [5.74, 6) is -0.454. The third-order valence-electron chi connectivity index (χ3n) is 7.61. The molecule has 0 aliphatic carbocycles. The standard InChI is InChI=1S/C34H32O8/c1-16-11-26-29(30(17(16)2)34(5,6)7)32(38)23-13-22(18(3)35)28(27(19(4)36)33(23)42-26)24-14-40-25-12-20(41-15-39-8)9-10-21(25)31(24)37/h9-14H,15H2,1-8H3. The van der Waals surface area contributed by atoms with Crippen LogP contribution < -0.4 is 15.6 Å². The van der Waals surface area contributed by atoms with Gasteiger partial charge in [0.05, 0.1) is 27.3 Å². The van der Waals surface area contributed by atoms with E-state index in [-0.39, 0.29) is 61.8 Å². The van der Waals surface area contributed by atoms with E-state index in [1.165, 1.54) is 33.3 Å². The zero-order valence-corrected chi connectivity index (χ0v) is 24.9. The Labute approximate surface area is 241 Å². The molecule has 3 aromatic carbocycles. The SMILES string of the molecule is COCOc1ccc2c(=O)c(-c3c(C(C)=O)cc4c(=O)c5c(C(C)(C)C)c(C)c(C)cc5oc4c3C(C)=O)coc2c1. The van der Waals surface area contributed by atoms with Crippen molar-refractivity contribution in [1.82, 2.24) is 0 Å². The number of methoxy groups -OCH3 is 1. The number of ketones is 2. The summed E-state index contributed by atoms with van der Waals surface area (Å²) >= 11 is 0. The quantitative estimate of drug-likeness (QED) is 0.122. The molecular formula is C34H32O8. The third kappa shape index (κ3) is 4.61. The lowest BCUT2D eigenvalue weighted by molar-refractivity contribution is 0.0512. The van der Waals surface area contributed by atoms with Gasteiger partial charge in [-0.2, -0.15) is 0 Å². The van der Waals surface area contributed by atoms with Gasteiger partial charge in [0.15, 0.2) is 18.4 Å². The molecule has 0 atom stereocenters. The van der Waals surface area contributed by atoms with Crippen molar-refractivity contribution in [2.45, 2.75) is 53.9 Å². The fraction of sp³-hybridized carbons (Fsp3) is 0.294. The van der Waals surface area contributed by atoms with E-state index in [1.807, 2.05) is 34.6 Å². The van der Waals surface area contributed by atoms with Crippen molar-refractivity contribution in [2.75, 3.05) is 13.9 Å². The largest absolute Gasteiger partial charge is 0.467 e. The van der Waals surface area contributed by atoms with Crippen LogP contribution in [0.15, 0.2) is 55.0 Å². The molecule has 0 saturated carbocycles. The van der Waals surface area contributed by atoms with Crippen molar-refractivity contribution in [3.05, 3.63) is 84.9 Å². The second kappa shape index (κ2) is 10.4. The zero-order chi connectivity index (χ0) is 30.7. The molecule has 0 radical (unpaired) electrons. The fourth-order valence-corrected chi connectivity index (χ4v) is 5.70. The molecule has 0 bridgehead atoms. The number of carbonyl (C=O) groups is 2. The molecule has 216 valence electrons. The maximum atomic E-state index is 14.2. The number of fused-ring (bicyclic) bond motifs is 3. The molecule has 0 fully saturated rings. The van der Waals surface area contributed by atoms with Crippen molar-refractivity contribution in [3.63, 3.8) is 0 Å². The van der Waals surface area contributed by atoms with E-state index >= 15 is 0 Å². The summed E-state index contributed by atoms with van der Waals surface area (Å²) in [6.45, 7) is 12.6. The molecule has 5 rings (SSSR count). The summed E-state index contributed by atoms with van der Waals surface area (Å²) in [7, 11) is 1.49. The lowest BCUT2D eigenvalue weighted by atomic mass is 9.80. The molecule has 42 heavy (non-hydrogen) atoms. The maximum absolute atomic E-state index is 14.2. The van der Waals surface area contributed by atoms with Crippen LogP contribution in [0.1, 0.15) is 72.0 Å². The summed E-state index contributed by atoms with van der Waals surface area (Å²) in [6.07, 6.45) is 1.22. The predicted molar refractivity (Wildman–Crippen MR) is 162 cm³/mol. The molecule has 0 saturated heterocycles. The van der Waals surface area contributed by atoms with E-state index in [2.05, 4.69) is 0 Å². The highest BCUT2D eigenvalue weighted by Gasteiger charge is 2.29. The Morgan fingerprint density at radius 2 is 1.62 bits per heavy atom. The second-order valence-corrected chi connectivity index (χ2v) is 11.6. The van der Waals surface area contributed by atoms with Crippen LogP contribution in [0.2, 0.25) is 0 Å². The van der Waals surface area contributed by atoms with Crippen LogP contribution in [-0.2, 0) is 10.2 Å². The number of rotatable bonds is 6. The van der Waals surface area contributed by atoms with Crippen LogP contribution in [0, 0.1) is 13.8 Å². The Kier molecular flexibility index (Phi) is 7.15. The van der Waals surface area contributed by atoms with E-state index in [0.29, 0.717) is 16.7 Å². The first kappa shape index (κ1) is 29.0. The molecule has 0 spiro atoms. The number of hydrogen-bond donors (Lipinski definition) is 0. The normalized spacial score (nSPS) is 11.9. The molecule has 2 aromatic heterocycles. The van der Waals surface area contributed by atoms with E-state index < -0.39 is 17.0 Å². The highest BCUT2D eigenvalue weighted by molar-refractivity contribution is 6.17. The molecule has 0 N–H and O–H groups in total. The second-order valence-electron chi connectivity index (χ2n) is 11.6. The lowest BCUT2D eigenvalue weighted by Gasteiger charge is -2.25. The minimum absolute atomic E-state index is 0.00331. The molecule has 0 aliphatic heterocycles. The van der Waals surface area contributed by atoms with Crippen LogP contribution in [0.5, 0.6) is 5.75 Å². The van der Waals surface area contributed by atoms with Crippen LogP contribution in [-0.4, -0.2) is 25.5 Å². The Balaban J connectivity index is 1.93. The average Bonchev–Trinajstić information content (AvgIpc) is 2.91. The smallest absolute Gasteiger partial charge is 0.200 e. The van der Waals surface area contributed by atoms with Gasteiger partial charge in [-0.3, -0.25) is 19.2 Å². The average molecular weight is 569 g/mol. The van der Waals surface area contributed by atoms with Crippen molar-refractivity contribution in [1.29, 1.82) is 0 Å². The van der Waals surface area contributed by atoms with Gasteiger partial charge in [-0.1, -0.05) is 20.8 Å². The van der Waals surface area contributed by atoms with Gasteiger partial charge in [0.2, 0.25) is 10.9 Å². The molecule has 0 unspecified atom stereocenters. The van der Waals surface area contributed by atoms with Gasteiger partial charge in [0.25, 0.3) is 0 Å². The number of hydrogen-bond acceptors (Lipinski definition) is 8. The van der Waals surface area contributed by atoms with E-state index in [4.69, 9.17) is 18.3 Å². The van der Waals surface area contributed by atoms with Gasteiger partial charge >= 0.3 is 0 Å². The summed E-state index contributed by atoms with van der Waals surface area (Å²) < 4.78 is 22.6. The van der Waals surface area contributed by atoms with E-state index in [0.717, 1.165) is 16.7 Å². The van der Waals surface area contributed by atoms with Crippen LogP contribution in [0.4, 0.5) is 0 Å². The van der Waals surface area contributed by atoms with Crippen molar-refractivity contribution >= 4 is 44.5 Å². The zero-order valence-electron chi connectivity index (χ0n) is 24.9. The van der Waals surface area contributed by atoms with Gasteiger partial charge in [-0.05, 0) is 74.1 Å². The Hall–Kier alpha value is -4.56. The Morgan fingerprint density at radius 3 is 2.24 bits per heavy atom. The van der Waals surface area contributed by atoms with Crippen LogP contribution in [0.3, 0.4) is 0 Å². The number of benzene rings is 3. The molecule has 8 nitrogen and oxygen atoms in total. The van der Waals surface area contributed by atoms with Gasteiger partial charge in [-0.25, -0.2) is 0 Å². The summed E-state index contributed by atoms with van der Waals surface area (Å²) in [4.78, 5) is 54.4. The maximum Gasteiger partial charge on any atom is 0.200 e. The monoisotopic (exact) mass is 568 g/mol. The molecule has 2 heterocycles. The molecule has 8 heteroatoms. The van der Waals surface area contributed by atoms with Crippen molar-refractivity contribution in [3.8, 4) is 16.9 Å². The lowest BCUT2D eigenvalue weighted by Crippen LogP contribution is -2.20. The van der Waals surface area contributed by atoms with Gasteiger partial charge in [-0.15, -0.1) is 0 Å². The minimum Gasteiger partial charge on any atom is -0.467 e. The highest BCUT2D eigenvalue weighted by atomic mass is 16.7. The first-order valence-electron chi connectivity index (χ1n) is 13.5. The number of ether oxygens (including phenoxy) is 2. The summed E-state index contributed by atoms with van der Waals surface area (Å²) in [6, 6.07) is 7.92. The fourth-order valence-electron chi connectivity index (χ4n) is 5.70. The van der Waals surface area contributed by atoms with Gasteiger partial charge in [0.1, 0.15) is 28.8 Å². The number of Topliss-reactive ketones (excluding diaryl/α,β-unsaturated/α-hetero) is 2. The summed E-state index contributed by atoms with van der Waals surface area (Å²) in [5.41, 5.74) is 2.26. The predicted octanol–water partition coefficient (Wildman–Crippen LogP) is 7.02. The third-order valence-corrected chi connectivity index (χ3v) is 7.61. The minimum atomic E-state index is -0.469. The first-order chi connectivity index (χ1) is 19.8. The Morgan fingerprint density at radius 1 is 0.905 bits per heavy atom. The highest BCUT2D eigenvalue weighted by Crippen LogP contribution is 2.38. The summed E-state index contributed by atoms with van der Waals surface area (Å²) in [5, 5.41) is 0.731. The van der Waals surface area contributed by atoms with Gasteiger partial charge in [0, 0.05) is 24.3 Å². The molecular weight excluding hydrogens is 536 g/mol. The molecule has 0 amide bonds. The number of aryl methyl sites for hydroxylation is 1. The molecule has 5 aromatic rings. The van der Waals surface area contributed by atoms with Gasteiger partial charge < -0.3 is 18.3 Å². The van der Waals surface area contributed by atoms with Crippen molar-refractivity contribution < 1.29 is 27.9 Å². The van der Waals surface area contributed by atoms with E-state index in [1.54, 1.807) is 24.3 Å².